The van der Waals surface area contributed by atoms with Gasteiger partial charge in [0.15, 0.2) is 5.82 Å². The Morgan fingerprint density at radius 2 is 1.91 bits per heavy atom. The number of amides is 1. The van der Waals surface area contributed by atoms with Crippen molar-refractivity contribution < 1.29 is 9.53 Å². The maximum absolute atomic E-state index is 13.9. The van der Waals surface area contributed by atoms with Crippen molar-refractivity contribution in [2.45, 2.75) is 56.7 Å². The van der Waals surface area contributed by atoms with Gasteiger partial charge in [-0.15, -0.1) is 0 Å². The minimum Gasteiger partial charge on any atom is -0.494 e. The van der Waals surface area contributed by atoms with Gasteiger partial charge in [-0.2, -0.15) is 0 Å². The normalized spacial score (nSPS) is 24.2. The second kappa shape index (κ2) is 10.5. The molecule has 6 heterocycles. The summed E-state index contributed by atoms with van der Waals surface area (Å²) in [6.45, 7) is 3.32. The lowest BCUT2D eigenvalue weighted by Crippen LogP contribution is -2.41. The number of piperidine rings is 1. The molecular formula is C35H39N9O2. The highest BCUT2D eigenvalue weighted by Crippen LogP contribution is 2.41. The number of anilines is 1. The predicted octanol–water partition coefficient (Wildman–Crippen LogP) is 4.35. The Hall–Kier alpha value is -4.51. The molecule has 2 aliphatic heterocycles. The van der Waals surface area contributed by atoms with E-state index in [1.165, 1.54) is 12.8 Å². The summed E-state index contributed by atoms with van der Waals surface area (Å²) in [6, 6.07) is 12.2. The first kappa shape index (κ1) is 27.8. The molecule has 5 aromatic rings. The van der Waals surface area contributed by atoms with Crippen LogP contribution in [0.1, 0.15) is 54.2 Å². The number of hydrogen-bond acceptors (Lipinski definition) is 8. The van der Waals surface area contributed by atoms with Crippen molar-refractivity contribution in [3.8, 4) is 17.3 Å². The van der Waals surface area contributed by atoms with Crippen LogP contribution in [0.25, 0.3) is 33.6 Å². The first-order valence-electron chi connectivity index (χ1n) is 16.6. The maximum atomic E-state index is 13.9. The quantitative estimate of drug-likeness (QED) is 0.286. The average molecular weight is 618 g/mol. The summed E-state index contributed by atoms with van der Waals surface area (Å²) in [6.07, 6.45) is 9.21. The van der Waals surface area contributed by atoms with Gasteiger partial charge in [-0.25, -0.2) is 19.9 Å². The highest BCUT2D eigenvalue weighted by molar-refractivity contribution is 6.00. The van der Waals surface area contributed by atoms with E-state index in [-0.39, 0.29) is 18.0 Å². The summed E-state index contributed by atoms with van der Waals surface area (Å²) in [5, 5.41) is 1.06. The number of carbonyl (C=O) groups excluding carboxylic acids is 1. The van der Waals surface area contributed by atoms with Crippen LogP contribution in [0, 0.1) is 11.8 Å². The number of pyridine rings is 1. The number of carbonyl (C=O) groups is 1. The highest BCUT2D eigenvalue weighted by atomic mass is 16.5. The Balaban J connectivity index is 1.11. The van der Waals surface area contributed by atoms with Crippen LogP contribution in [0.3, 0.4) is 0 Å². The minimum atomic E-state index is 0.00890. The van der Waals surface area contributed by atoms with Crippen LogP contribution in [0.4, 0.5) is 5.82 Å². The Morgan fingerprint density at radius 3 is 2.67 bits per heavy atom. The number of nitrogens with zero attached hydrogens (tertiary/aromatic N) is 8. The van der Waals surface area contributed by atoms with Gasteiger partial charge in [0.1, 0.15) is 28.6 Å². The highest BCUT2D eigenvalue weighted by Gasteiger charge is 2.47. The van der Waals surface area contributed by atoms with Gasteiger partial charge in [-0.05, 0) is 80.3 Å². The van der Waals surface area contributed by atoms with Gasteiger partial charge in [0.05, 0.1) is 18.3 Å². The number of benzene rings is 1. The second-order valence-electron chi connectivity index (χ2n) is 13.7. The third kappa shape index (κ3) is 4.39. The van der Waals surface area contributed by atoms with Crippen LogP contribution in [0.2, 0.25) is 0 Å². The first-order chi connectivity index (χ1) is 22.5. The molecule has 4 fully saturated rings. The van der Waals surface area contributed by atoms with E-state index in [2.05, 4.69) is 36.1 Å². The van der Waals surface area contributed by atoms with Gasteiger partial charge in [0.25, 0.3) is 5.91 Å². The monoisotopic (exact) mass is 617 g/mol. The smallest absolute Gasteiger partial charge is 0.254 e. The summed E-state index contributed by atoms with van der Waals surface area (Å²) in [4.78, 5) is 37.6. The van der Waals surface area contributed by atoms with E-state index in [1.807, 2.05) is 48.6 Å². The number of aryl methyl sites for hydroxylation is 1. The van der Waals surface area contributed by atoms with Gasteiger partial charge in [-0.1, -0.05) is 0 Å². The van der Waals surface area contributed by atoms with Gasteiger partial charge in [0, 0.05) is 74.6 Å². The maximum Gasteiger partial charge on any atom is 0.254 e. The van der Waals surface area contributed by atoms with Crippen molar-refractivity contribution in [2.24, 2.45) is 24.6 Å². The standard InChI is InChI=1S/C35H39N9O2/c1-41-27(15-22-4-3-11-38-33(22)41)34-39-25-14-24(35(45)43-19-23-7-8-26(43)30(23)36)16-28(46-2)31(25)44(34)18-20-10-13-42(17-20)29-9-12-37-32(40-29)21-5-6-21/h3-4,9,11-12,14-16,20-21,23,26,30H,5-8,10,13,17-19,36H2,1-2H3/t20-,23+,26+,30+/m0/s1. The first-order valence-corrected chi connectivity index (χ1v) is 16.6. The number of fused-ring (bicyclic) bond motifs is 4. The average Bonchev–Trinajstić information content (AvgIpc) is 3.30. The van der Waals surface area contributed by atoms with E-state index in [0.717, 1.165) is 90.7 Å². The van der Waals surface area contributed by atoms with Gasteiger partial charge >= 0.3 is 0 Å². The molecule has 4 atom stereocenters. The lowest BCUT2D eigenvalue weighted by atomic mass is 10.1. The molecule has 11 nitrogen and oxygen atoms in total. The Labute approximate surface area is 267 Å². The molecule has 1 amide bonds. The summed E-state index contributed by atoms with van der Waals surface area (Å²) >= 11 is 0. The molecule has 11 heteroatoms. The number of imidazole rings is 1. The molecule has 0 spiro atoms. The molecular weight excluding hydrogens is 578 g/mol. The number of likely N-dealkylation sites (tertiary alicyclic amines) is 1. The van der Waals surface area contributed by atoms with Crippen molar-refractivity contribution in [1.29, 1.82) is 0 Å². The Kier molecular flexibility index (Phi) is 6.35. The number of methoxy groups -OCH3 is 1. The van der Waals surface area contributed by atoms with E-state index >= 15 is 0 Å². The fraction of sp³-hybridized carbons (Fsp3) is 0.457. The summed E-state index contributed by atoms with van der Waals surface area (Å²) in [5.74, 6) is 4.79. The number of ether oxygens (including phenoxy) is 1. The largest absolute Gasteiger partial charge is 0.494 e. The van der Waals surface area contributed by atoms with E-state index < -0.39 is 0 Å². The third-order valence-corrected chi connectivity index (χ3v) is 10.9. The van der Waals surface area contributed by atoms with E-state index in [1.54, 1.807) is 7.11 Å². The second-order valence-corrected chi connectivity index (χ2v) is 13.7. The molecule has 2 saturated carbocycles. The zero-order valence-corrected chi connectivity index (χ0v) is 26.3. The van der Waals surface area contributed by atoms with Crippen molar-refractivity contribution in [1.82, 2.24) is 34.0 Å². The topological polar surface area (TPSA) is 120 Å². The lowest BCUT2D eigenvalue weighted by molar-refractivity contribution is 0.0700. The Bertz CT molecular complexity index is 1990. The molecule has 236 valence electrons. The van der Waals surface area contributed by atoms with E-state index in [4.69, 9.17) is 20.4 Å². The van der Waals surface area contributed by atoms with Crippen LogP contribution >= 0.6 is 0 Å². The molecule has 46 heavy (non-hydrogen) atoms. The molecule has 2 N–H and O–H groups in total. The van der Waals surface area contributed by atoms with Crippen molar-refractivity contribution in [2.75, 3.05) is 31.6 Å². The molecule has 2 bridgehead atoms. The van der Waals surface area contributed by atoms with Crippen molar-refractivity contribution >= 4 is 33.8 Å². The predicted molar refractivity (Wildman–Crippen MR) is 176 cm³/mol. The zero-order valence-electron chi connectivity index (χ0n) is 26.3. The van der Waals surface area contributed by atoms with Gasteiger partial charge < -0.3 is 29.4 Å². The Morgan fingerprint density at radius 1 is 1.02 bits per heavy atom. The number of aromatic nitrogens is 6. The van der Waals surface area contributed by atoms with E-state index in [0.29, 0.717) is 29.1 Å². The van der Waals surface area contributed by atoms with Gasteiger partial charge in [-0.3, -0.25) is 4.79 Å². The number of hydrogen-bond donors (Lipinski definition) is 1. The number of nitrogens with two attached hydrogens (primary N) is 1. The van der Waals surface area contributed by atoms with Crippen LogP contribution in [-0.4, -0.2) is 78.7 Å². The molecule has 2 saturated heterocycles. The molecule has 4 aromatic heterocycles. The molecule has 2 aliphatic carbocycles. The van der Waals surface area contributed by atoms with Crippen molar-refractivity contribution in [3.05, 3.63) is 60.2 Å². The van der Waals surface area contributed by atoms with Gasteiger partial charge in [0.2, 0.25) is 0 Å². The molecule has 9 rings (SSSR count). The van der Waals surface area contributed by atoms with Crippen LogP contribution in [0.15, 0.2) is 48.8 Å². The molecule has 0 unspecified atom stereocenters. The minimum absolute atomic E-state index is 0.00890. The fourth-order valence-electron chi connectivity index (χ4n) is 8.23. The summed E-state index contributed by atoms with van der Waals surface area (Å²) in [7, 11) is 3.72. The molecule has 4 aliphatic rings. The van der Waals surface area contributed by atoms with E-state index in [9.17, 15) is 4.79 Å². The van der Waals surface area contributed by atoms with Crippen LogP contribution < -0.4 is 15.4 Å². The zero-order chi connectivity index (χ0) is 31.1. The summed E-state index contributed by atoms with van der Waals surface area (Å²) in [5.41, 5.74) is 10.6. The number of rotatable bonds is 7. The third-order valence-electron chi connectivity index (χ3n) is 10.9. The van der Waals surface area contributed by atoms with Crippen LogP contribution in [-0.2, 0) is 13.6 Å². The van der Waals surface area contributed by atoms with Crippen molar-refractivity contribution in [3.63, 3.8) is 0 Å². The summed E-state index contributed by atoms with van der Waals surface area (Å²) < 4.78 is 10.4. The molecule has 0 radical (unpaired) electrons. The van der Waals surface area contributed by atoms with Crippen LogP contribution in [0.5, 0.6) is 5.75 Å². The molecule has 1 aromatic carbocycles. The fourth-order valence-corrected chi connectivity index (χ4v) is 8.23. The SMILES string of the molecule is COc1cc(C(=O)N2C[C@H]3CC[C@@H]2[C@@H]3N)cc2nc(-c3cc4cccnc4n3C)n(C[C@H]3CCN(c4ccnc(C5CC5)n4)C3)c12. The lowest BCUT2D eigenvalue weighted by Gasteiger charge is -2.27.